The molecule has 1 aliphatic heterocycles. The van der Waals surface area contributed by atoms with Crippen molar-refractivity contribution >= 4 is 15.7 Å². The van der Waals surface area contributed by atoms with Gasteiger partial charge in [0.05, 0.1) is 11.8 Å². The Balaban J connectivity index is 2.06. The summed E-state index contributed by atoms with van der Waals surface area (Å²) in [5.41, 5.74) is 0.294. The van der Waals surface area contributed by atoms with Gasteiger partial charge in [-0.05, 0) is 24.3 Å². The average molecular weight is 253 g/mol. The van der Waals surface area contributed by atoms with Crippen molar-refractivity contribution in [3.05, 3.63) is 41.3 Å². The molecule has 1 aliphatic rings. The molecule has 1 unspecified atom stereocenters. The number of hydrogen-bond donors (Lipinski definition) is 2. The summed E-state index contributed by atoms with van der Waals surface area (Å²) in [6, 6.07) is 5.36. The fourth-order valence-corrected chi connectivity index (χ4v) is 2.80. The van der Waals surface area contributed by atoms with Crippen LogP contribution in [0.25, 0.3) is 0 Å². The number of amides is 1. The van der Waals surface area contributed by atoms with Crippen molar-refractivity contribution in [1.29, 1.82) is 0 Å². The molecule has 1 heterocycles. The number of benzene rings is 1. The van der Waals surface area contributed by atoms with Crippen molar-refractivity contribution < 1.29 is 18.3 Å². The lowest BCUT2D eigenvalue weighted by Gasteiger charge is -2.09. The van der Waals surface area contributed by atoms with Gasteiger partial charge >= 0.3 is 0 Å². The quantitative estimate of drug-likeness (QED) is 0.800. The third-order valence-electron chi connectivity index (χ3n) is 2.35. The Morgan fingerprint density at radius 2 is 2.18 bits per heavy atom. The van der Waals surface area contributed by atoms with Gasteiger partial charge in [-0.2, -0.15) is 0 Å². The van der Waals surface area contributed by atoms with Crippen LogP contribution in [-0.4, -0.2) is 31.2 Å². The maximum Gasteiger partial charge on any atom is 0.251 e. The van der Waals surface area contributed by atoms with Gasteiger partial charge in [0.2, 0.25) is 0 Å². The van der Waals surface area contributed by atoms with Crippen molar-refractivity contribution in [3.63, 3.8) is 0 Å². The molecule has 90 valence electrons. The van der Waals surface area contributed by atoms with Gasteiger partial charge in [0.1, 0.15) is 5.75 Å². The van der Waals surface area contributed by atoms with Gasteiger partial charge in [0, 0.05) is 11.0 Å². The first kappa shape index (κ1) is 11.7. The number of rotatable bonds is 2. The highest BCUT2D eigenvalue weighted by molar-refractivity contribution is 7.94. The zero-order chi connectivity index (χ0) is 12.5. The van der Waals surface area contributed by atoms with Crippen LogP contribution in [0.15, 0.2) is 35.7 Å². The predicted octanol–water partition coefficient (Wildman–Crippen LogP) is 0.433. The number of phenolic OH excluding ortho intramolecular Hbond substituents is 1. The lowest BCUT2D eigenvalue weighted by molar-refractivity contribution is 0.0947. The van der Waals surface area contributed by atoms with Crippen LogP contribution in [-0.2, 0) is 9.84 Å². The molecule has 0 saturated carbocycles. The molecular formula is C11H11NO4S. The number of hydrogen-bond acceptors (Lipinski definition) is 4. The van der Waals surface area contributed by atoms with Crippen LogP contribution < -0.4 is 5.32 Å². The minimum absolute atomic E-state index is 0.00719. The Morgan fingerprint density at radius 1 is 1.41 bits per heavy atom. The summed E-state index contributed by atoms with van der Waals surface area (Å²) >= 11 is 0. The zero-order valence-corrected chi connectivity index (χ0v) is 9.65. The lowest BCUT2D eigenvalue weighted by Crippen LogP contribution is -2.35. The predicted molar refractivity (Wildman–Crippen MR) is 62.3 cm³/mol. The van der Waals surface area contributed by atoms with Crippen molar-refractivity contribution in [3.8, 4) is 5.75 Å². The fraction of sp³-hybridized carbons (Fsp3) is 0.182. The number of sulfone groups is 1. The number of phenols is 1. The van der Waals surface area contributed by atoms with E-state index in [9.17, 15) is 18.3 Å². The molecule has 5 nitrogen and oxygen atoms in total. The molecule has 1 aromatic carbocycles. The van der Waals surface area contributed by atoms with Crippen LogP contribution in [0, 0.1) is 0 Å². The topological polar surface area (TPSA) is 83.5 Å². The molecule has 0 bridgehead atoms. The molecular weight excluding hydrogens is 242 g/mol. The minimum Gasteiger partial charge on any atom is -0.508 e. The summed E-state index contributed by atoms with van der Waals surface area (Å²) < 4.78 is 22.3. The molecule has 0 saturated heterocycles. The smallest absolute Gasteiger partial charge is 0.251 e. The van der Waals surface area contributed by atoms with Gasteiger partial charge in [-0.25, -0.2) is 8.42 Å². The van der Waals surface area contributed by atoms with Crippen LogP contribution in [0.3, 0.4) is 0 Å². The normalized spacial score (nSPS) is 21.3. The second-order valence-electron chi connectivity index (χ2n) is 3.79. The summed E-state index contributed by atoms with van der Waals surface area (Å²) in [5, 5.41) is 12.9. The van der Waals surface area contributed by atoms with Crippen LogP contribution in [0.1, 0.15) is 10.4 Å². The minimum atomic E-state index is -3.18. The molecule has 17 heavy (non-hydrogen) atoms. The number of aromatic hydroxyl groups is 1. The van der Waals surface area contributed by atoms with Gasteiger partial charge in [-0.3, -0.25) is 4.79 Å². The molecule has 0 radical (unpaired) electrons. The Morgan fingerprint density at radius 3 is 2.76 bits per heavy atom. The van der Waals surface area contributed by atoms with Gasteiger partial charge < -0.3 is 10.4 Å². The standard InChI is InChI=1S/C11H11NO4S/c13-10-3-1-2-8(6-10)11(14)12-9-4-5-17(15,16)7-9/h1-6,9,13H,7H2,(H,12,14). The van der Waals surface area contributed by atoms with Crippen LogP contribution >= 0.6 is 0 Å². The molecule has 1 amide bonds. The molecule has 0 aromatic heterocycles. The zero-order valence-electron chi connectivity index (χ0n) is 8.83. The lowest BCUT2D eigenvalue weighted by atomic mass is 10.2. The first-order valence-electron chi connectivity index (χ1n) is 4.97. The number of carbonyl (C=O) groups excluding carboxylic acids is 1. The van der Waals surface area contributed by atoms with Gasteiger partial charge in [0.15, 0.2) is 9.84 Å². The average Bonchev–Trinajstić information content (AvgIpc) is 2.58. The van der Waals surface area contributed by atoms with E-state index in [0.717, 1.165) is 5.41 Å². The summed E-state index contributed by atoms with van der Waals surface area (Å²) in [7, 11) is -3.18. The van der Waals surface area contributed by atoms with E-state index in [0.29, 0.717) is 5.56 Å². The second kappa shape index (κ2) is 4.21. The summed E-state index contributed by atoms with van der Waals surface area (Å²) in [5.74, 6) is -0.530. The Hall–Kier alpha value is -1.82. The third kappa shape index (κ3) is 2.85. The highest BCUT2D eigenvalue weighted by Gasteiger charge is 2.23. The van der Waals surface area contributed by atoms with Gasteiger partial charge in [0.25, 0.3) is 5.91 Å². The Labute approximate surface area is 98.7 Å². The van der Waals surface area contributed by atoms with E-state index in [1.165, 1.54) is 18.2 Å². The van der Waals surface area contributed by atoms with E-state index in [2.05, 4.69) is 5.32 Å². The van der Waals surface area contributed by atoms with E-state index >= 15 is 0 Å². The maximum atomic E-state index is 11.7. The second-order valence-corrected chi connectivity index (χ2v) is 5.72. The molecule has 1 aromatic rings. The largest absolute Gasteiger partial charge is 0.508 e. The molecule has 2 N–H and O–H groups in total. The first-order valence-corrected chi connectivity index (χ1v) is 6.69. The molecule has 1 atom stereocenters. The molecule has 0 spiro atoms. The Kier molecular flexibility index (Phi) is 2.89. The van der Waals surface area contributed by atoms with E-state index < -0.39 is 21.8 Å². The van der Waals surface area contributed by atoms with Crippen LogP contribution in [0.4, 0.5) is 0 Å². The van der Waals surface area contributed by atoms with E-state index in [1.807, 2.05) is 0 Å². The molecule has 0 fully saturated rings. The Bertz CT molecular complexity index is 577. The van der Waals surface area contributed by atoms with Crippen LogP contribution in [0.2, 0.25) is 0 Å². The van der Waals surface area contributed by atoms with Gasteiger partial charge in [-0.1, -0.05) is 6.07 Å². The van der Waals surface area contributed by atoms with Crippen molar-refractivity contribution in [1.82, 2.24) is 5.32 Å². The number of nitrogens with one attached hydrogen (secondary N) is 1. The van der Waals surface area contributed by atoms with Gasteiger partial charge in [-0.15, -0.1) is 0 Å². The highest BCUT2D eigenvalue weighted by Crippen LogP contribution is 2.12. The summed E-state index contributed by atoms with van der Waals surface area (Å²) in [6.45, 7) is 0. The maximum absolute atomic E-state index is 11.7. The van der Waals surface area contributed by atoms with Crippen molar-refractivity contribution in [2.75, 3.05) is 5.75 Å². The van der Waals surface area contributed by atoms with E-state index in [4.69, 9.17) is 0 Å². The molecule has 0 aliphatic carbocycles. The number of carbonyl (C=O) groups is 1. The summed E-state index contributed by atoms with van der Waals surface area (Å²) in [6.07, 6.45) is 1.44. The molecule has 2 rings (SSSR count). The highest BCUT2D eigenvalue weighted by atomic mass is 32.2. The van der Waals surface area contributed by atoms with Crippen molar-refractivity contribution in [2.45, 2.75) is 6.04 Å². The monoisotopic (exact) mass is 253 g/mol. The third-order valence-corrected chi connectivity index (χ3v) is 3.75. The SMILES string of the molecule is O=C(NC1C=CS(=O)(=O)C1)c1cccc(O)c1. The van der Waals surface area contributed by atoms with E-state index in [-0.39, 0.29) is 11.5 Å². The first-order chi connectivity index (χ1) is 7.96. The van der Waals surface area contributed by atoms with Crippen molar-refractivity contribution in [2.24, 2.45) is 0 Å². The fourth-order valence-electron chi connectivity index (χ4n) is 1.56. The summed E-state index contributed by atoms with van der Waals surface area (Å²) in [4.78, 5) is 11.7. The van der Waals surface area contributed by atoms with E-state index in [1.54, 1.807) is 12.1 Å². The molecule has 6 heteroatoms. The van der Waals surface area contributed by atoms with Crippen LogP contribution in [0.5, 0.6) is 5.75 Å².